The zero-order valence-electron chi connectivity index (χ0n) is 25.5. The summed E-state index contributed by atoms with van der Waals surface area (Å²) in [6, 6.07) is 3.89. The molecule has 0 aliphatic heterocycles. The van der Waals surface area contributed by atoms with Crippen molar-refractivity contribution in [1.29, 1.82) is 5.26 Å². The smallest absolute Gasteiger partial charge is 0.343 e. The fourth-order valence-electron chi connectivity index (χ4n) is 4.61. The van der Waals surface area contributed by atoms with Crippen LogP contribution in [0.2, 0.25) is 0 Å². The Hall–Kier alpha value is -4.43. The van der Waals surface area contributed by atoms with Gasteiger partial charge in [0.05, 0.1) is 6.07 Å². The van der Waals surface area contributed by atoms with E-state index < -0.39 is 92.3 Å². The molecule has 0 saturated heterocycles. The summed E-state index contributed by atoms with van der Waals surface area (Å²) in [5.41, 5.74) is -1.08. The SMILES string of the molecule is Cc1ccc2[nH]c(=O)c(CC(C#N)NC(=O)[C@H](Cc3cc(F)c(F)cc3F)NC(=O)[C@@H](NS(=O)(=O)CC(F)(F)F)C(C)(C)C)cc2c1. The van der Waals surface area contributed by atoms with Crippen LogP contribution in [0.1, 0.15) is 37.5 Å². The number of hydrogen-bond donors (Lipinski definition) is 4. The third kappa shape index (κ3) is 10.3. The molecule has 2 aromatic carbocycles. The number of carbonyl (C=O) groups is 2. The van der Waals surface area contributed by atoms with Gasteiger partial charge in [-0.05, 0) is 47.6 Å². The molecule has 3 rings (SSSR count). The Balaban J connectivity index is 1.95. The van der Waals surface area contributed by atoms with Gasteiger partial charge in [-0.2, -0.15) is 18.4 Å². The first-order valence-corrected chi connectivity index (χ1v) is 15.6. The van der Waals surface area contributed by atoms with E-state index in [4.69, 9.17) is 0 Å². The maximum Gasteiger partial charge on any atom is 0.404 e. The predicted octanol–water partition coefficient (Wildman–Crippen LogP) is 3.43. The number of aromatic nitrogens is 1. The minimum atomic E-state index is -5.16. The van der Waals surface area contributed by atoms with Gasteiger partial charge in [0, 0.05) is 30.0 Å². The number of benzene rings is 2. The average molecular weight is 688 g/mol. The molecule has 0 fully saturated rings. The number of alkyl halides is 3. The number of amides is 2. The number of nitrogens with zero attached hydrogens (tertiary/aromatic N) is 1. The molecule has 10 nitrogen and oxygen atoms in total. The zero-order chi connectivity index (χ0) is 35.5. The summed E-state index contributed by atoms with van der Waals surface area (Å²) < 4.78 is 107. The molecule has 17 heteroatoms. The second-order valence-corrected chi connectivity index (χ2v) is 13.8. The molecular formula is C30H31F6N5O5S. The lowest BCUT2D eigenvalue weighted by Gasteiger charge is -2.32. The fourth-order valence-corrected chi connectivity index (χ4v) is 5.94. The Morgan fingerprint density at radius 2 is 1.55 bits per heavy atom. The van der Waals surface area contributed by atoms with Crippen LogP contribution in [0.5, 0.6) is 0 Å². The van der Waals surface area contributed by atoms with Crippen molar-refractivity contribution >= 4 is 32.7 Å². The van der Waals surface area contributed by atoms with Gasteiger partial charge in [0.25, 0.3) is 5.56 Å². The molecule has 0 radical (unpaired) electrons. The van der Waals surface area contributed by atoms with Gasteiger partial charge in [0.15, 0.2) is 17.4 Å². The average Bonchev–Trinajstić information content (AvgIpc) is 2.92. The van der Waals surface area contributed by atoms with Crippen LogP contribution in [-0.2, 0) is 32.5 Å². The normalized spacial score (nSPS) is 14.2. The van der Waals surface area contributed by atoms with E-state index >= 15 is 0 Å². The number of pyridine rings is 1. The Bertz CT molecular complexity index is 1880. The Morgan fingerprint density at radius 3 is 2.15 bits per heavy atom. The van der Waals surface area contributed by atoms with Crippen LogP contribution in [0.15, 0.2) is 41.2 Å². The van der Waals surface area contributed by atoms with E-state index in [0.29, 0.717) is 17.0 Å². The molecule has 2 amide bonds. The number of fused-ring (bicyclic) bond motifs is 1. The molecule has 3 atom stereocenters. The highest BCUT2D eigenvalue weighted by atomic mass is 32.2. The monoisotopic (exact) mass is 687 g/mol. The van der Waals surface area contributed by atoms with Crippen molar-refractivity contribution in [2.24, 2.45) is 5.41 Å². The van der Waals surface area contributed by atoms with Gasteiger partial charge >= 0.3 is 6.18 Å². The van der Waals surface area contributed by atoms with Crippen LogP contribution >= 0.6 is 0 Å². The quantitative estimate of drug-likeness (QED) is 0.179. The highest BCUT2D eigenvalue weighted by Crippen LogP contribution is 2.24. The van der Waals surface area contributed by atoms with E-state index in [1.54, 1.807) is 29.0 Å². The highest BCUT2D eigenvalue weighted by molar-refractivity contribution is 7.89. The van der Waals surface area contributed by atoms with E-state index in [1.807, 2.05) is 6.92 Å². The molecule has 0 bridgehead atoms. The van der Waals surface area contributed by atoms with Gasteiger partial charge in [-0.1, -0.05) is 32.4 Å². The molecule has 0 aliphatic rings. The number of aromatic amines is 1. The molecule has 254 valence electrons. The van der Waals surface area contributed by atoms with Gasteiger partial charge < -0.3 is 15.6 Å². The summed E-state index contributed by atoms with van der Waals surface area (Å²) in [6.45, 7) is 5.75. The first-order valence-electron chi connectivity index (χ1n) is 13.9. The van der Waals surface area contributed by atoms with Crippen molar-refractivity contribution < 1.29 is 44.3 Å². The number of halogens is 6. The van der Waals surface area contributed by atoms with Crippen LogP contribution in [0.3, 0.4) is 0 Å². The van der Waals surface area contributed by atoms with E-state index in [1.165, 1.54) is 26.8 Å². The van der Waals surface area contributed by atoms with Gasteiger partial charge in [-0.3, -0.25) is 14.4 Å². The first kappa shape index (κ1) is 37.0. The Morgan fingerprint density at radius 1 is 0.915 bits per heavy atom. The number of carbonyl (C=O) groups excluding carboxylic acids is 2. The highest BCUT2D eigenvalue weighted by Gasteiger charge is 2.41. The molecule has 1 aromatic heterocycles. The van der Waals surface area contributed by atoms with Crippen molar-refractivity contribution in [2.75, 3.05) is 5.75 Å². The van der Waals surface area contributed by atoms with E-state index in [0.717, 1.165) is 5.56 Å². The van der Waals surface area contributed by atoms with Crippen LogP contribution < -0.4 is 20.9 Å². The van der Waals surface area contributed by atoms with Crippen molar-refractivity contribution in [1.82, 2.24) is 20.3 Å². The van der Waals surface area contributed by atoms with Crippen molar-refractivity contribution in [3.05, 3.63) is 80.9 Å². The number of hydrogen-bond acceptors (Lipinski definition) is 6. The summed E-state index contributed by atoms with van der Waals surface area (Å²) in [5.74, 6) is -9.19. The third-order valence-electron chi connectivity index (χ3n) is 6.90. The lowest BCUT2D eigenvalue weighted by Crippen LogP contribution is -2.59. The summed E-state index contributed by atoms with van der Waals surface area (Å²) in [5, 5.41) is 14.8. The van der Waals surface area contributed by atoms with E-state index in [9.17, 15) is 54.4 Å². The largest absolute Gasteiger partial charge is 0.404 e. The molecule has 1 unspecified atom stereocenters. The van der Waals surface area contributed by atoms with Crippen LogP contribution in [0, 0.1) is 41.1 Å². The summed E-state index contributed by atoms with van der Waals surface area (Å²) >= 11 is 0. The van der Waals surface area contributed by atoms with Crippen molar-refractivity contribution in [2.45, 2.75) is 64.8 Å². The number of nitriles is 1. The van der Waals surface area contributed by atoms with Crippen molar-refractivity contribution in [3.8, 4) is 6.07 Å². The minimum absolute atomic E-state index is 0.0917. The third-order valence-corrected chi connectivity index (χ3v) is 8.20. The van der Waals surface area contributed by atoms with Crippen LogP contribution in [-0.4, -0.2) is 55.3 Å². The number of sulfonamides is 1. The first-order chi connectivity index (χ1) is 21.6. The van der Waals surface area contributed by atoms with Gasteiger partial charge in [0.1, 0.15) is 23.9 Å². The number of nitrogens with one attached hydrogen (secondary N) is 4. The molecule has 1 heterocycles. The number of H-pyrrole nitrogens is 1. The van der Waals surface area contributed by atoms with Crippen LogP contribution in [0.25, 0.3) is 10.9 Å². The fraction of sp³-hybridized carbons (Fsp3) is 0.400. The topological polar surface area (TPSA) is 161 Å². The van der Waals surface area contributed by atoms with Gasteiger partial charge in [0.2, 0.25) is 21.8 Å². The minimum Gasteiger partial charge on any atom is -0.343 e. The lowest BCUT2D eigenvalue weighted by atomic mass is 9.86. The molecule has 0 aliphatic carbocycles. The summed E-state index contributed by atoms with van der Waals surface area (Å²) in [6.07, 6.45) is -6.36. The number of rotatable bonds is 11. The van der Waals surface area contributed by atoms with Crippen LogP contribution in [0.4, 0.5) is 26.3 Å². The molecule has 0 spiro atoms. The standard InChI is InChI=1S/C30H31F6N5O5S/c1-15-5-6-23-17(7-15)8-18(26(42)39-23)9-19(13-37)38-27(43)24(11-16-10-21(32)22(33)12-20(16)31)40-28(44)25(29(2,3)4)41-47(45,46)14-30(34,35)36/h5-8,10,12,19,24-25,41H,9,11,14H2,1-4H3,(H,38,43)(H,39,42)(H,40,44)/t19?,24-,25+/m0/s1. The van der Waals surface area contributed by atoms with Gasteiger partial charge in [-0.25, -0.2) is 26.3 Å². The van der Waals surface area contributed by atoms with E-state index in [2.05, 4.69) is 15.6 Å². The summed E-state index contributed by atoms with van der Waals surface area (Å²) in [4.78, 5) is 42.1. The molecular weight excluding hydrogens is 656 g/mol. The predicted molar refractivity (Wildman–Crippen MR) is 159 cm³/mol. The number of aryl methyl sites for hydroxylation is 1. The lowest BCUT2D eigenvalue weighted by molar-refractivity contribution is -0.131. The molecule has 47 heavy (non-hydrogen) atoms. The van der Waals surface area contributed by atoms with Gasteiger partial charge in [-0.15, -0.1) is 0 Å². The van der Waals surface area contributed by atoms with Crippen molar-refractivity contribution in [3.63, 3.8) is 0 Å². The maximum absolute atomic E-state index is 14.6. The maximum atomic E-state index is 14.6. The van der Waals surface area contributed by atoms with E-state index in [-0.39, 0.29) is 18.1 Å². The molecule has 0 saturated carbocycles. The Labute approximate surface area is 265 Å². The summed E-state index contributed by atoms with van der Waals surface area (Å²) in [7, 11) is -5.14. The molecule has 4 N–H and O–H groups in total. The zero-order valence-corrected chi connectivity index (χ0v) is 26.3. The second kappa shape index (κ2) is 14.1. The molecule has 3 aromatic rings. The second-order valence-electron chi connectivity index (χ2n) is 12.0. The Kier molecular flexibility index (Phi) is 11.1.